The quantitative estimate of drug-likeness (QED) is 0.644. The second kappa shape index (κ2) is 8.41. The zero-order chi connectivity index (χ0) is 19.4. The van der Waals surface area contributed by atoms with Crippen molar-refractivity contribution in [2.24, 2.45) is 0 Å². The summed E-state index contributed by atoms with van der Waals surface area (Å²) in [6.45, 7) is 2.33. The standard InChI is InChI=1S/C19H18Cl2N4O2/c1-12-7-8-13(20)11-16(12)22-19(26)25(2)10-9-17-23-18(27-24-17)14-5-3-4-6-15(14)21/h3-8,11H,9-10H2,1-2H3,(H,22,26). The van der Waals surface area contributed by atoms with E-state index in [1.807, 2.05) is 31.2 Å². The molecule has 0 saturated heterocycles. The Morgan fingerprint density at radius 3 is 2.78 bits per heavy atom. The first-order chi connectivity index (χ1) is 12.9. The van der Waals surface area contributed by atoms with Gasteiger partial charge in [-0.1, -0.05) is 46.6 Å². The van der Waals surface area contributed by atoms with Crippen molar-refractivity contribution in [1.29, 1.82) is 0 Å². The summed E-state index contributed by atoms with van der Waals surface area (Å²) in [5.74, 6) is 0.862. The number of aromatic nitrogens is 2. The van der Waals surface area contributed by atoms with Crippen molar-refractivity contribution in [1.82, 2.24) is 15.0 Å². The fourth-order valence-electron chi connectivity index (χ4n) is 2.41. The third kappa shape index (κ3) is 4.78. The number of carbonyl (C=O) groups is 1. The first kappa shape index (κ1) is 19.2. The summed E-state index contributed by atoms with van der Waals surface area (Å²) in [4.78, 5) is 18.3. The van der Waals surface area contributed by atoms with E-state index in [-0.39, 0.29) is 6.03 Å². The maximum absolute atomic E-state index is 12.4. The Hall–Kier alpha value is -2.57. The molecule has 1 heterocycles. The van der Waals surface area contributed by atoms with Gasteiger partial charge in [-0.15, -0.1) is 0 Å². The Bertz CT molecular complexity index is 958. The summed E-state index contributed by atoms with van der Waals surface area (Å²) in [5.41, 5.74) is 2.30. The van der Waals surface area contributed by atoms with Crippen LogP contribution in [0.15, 0.2) is 47.0 Å². The van der Waals surface area contributed by atoms with E-state index < -0.39 is 0 Å². The van der Waals surface area contributed by atoms with E-state index in [1.54, 1.807) is 30.1 Å². The van der Waals surface area contributed by atoms with Crippen LogP contribution < -0.4 is 5.32 Å². The fourth-order valence-corrected chi connectivity index (χ4v) is 2.80. The van der Waals surface area contributed by atoms with E-state index in [2.05, 4.69) is 15.5 Å². The molecule has 3 rings (SSSR count). The molecule has 8 heteroatoms. The zero-order valence-corrected chi connectivity index (χ0v) is 16.4. The van der Waals surface area contributed by atoms with Gasteiger partial charge >= 0.3 is 6.03 Å². The Balaban J connectivity index is 1.59. The Morgan fingerprint density at radius 1 is 1.22 bits per heavy atom. The number of anilines is 1. The molecule has 2 amide bonds. The first-order valence-corrected chi connectivity index (χ1v) is 9.05. The number of amides is 2. The molecule has 0 aliphatic carbocycles. The van der Waals surface area contributed by atoms with Crippen LogP contribution in [0.1, 0.15) is 11.4 Å². The number of rotatable bonds is 5. The molecule has 1 aromatic heterocycles. The molecule has 0 unspecified atom stereocenters. The van der Waals surface area contributed by atoms with E-state index in [4.69, 9.17) is 27.7 Å². The molecular weight excluding hydrogens is 387 g/mol. The summed E-state index contributed by atoms with van der Waals surface area (Å²) >= 11 is 12.1. The lowest BCUT2D eigenvalue weighted by Gasteiger charge is -2.18. The van der Waals surface area contributed by atoms with E-state index in [1.165, 1.54) is 0 Å². The molecule has 1 N–H and O–H groups in total. The number of benzene rings is 2. The molecule has 0 atom stereocenters. The number of likely N-dealkylation sites (N-methyl/N-ethyl adjacent to an activating group) is 1. The molecule has 140 valence electrons. The fraction of sp³-hybridized carbons (Fsp3) is 0.211. The molecule has 3 aromatic rings. The van der Waals surface area contributed by atoms with Gasteiger partial charge in [0.15, 0.2) is 5.82 Å². The second-order valence-corrected chi connectivity index (χ2v) is 6.90. The average Bonchev–Trinajstić information content (AvgIpc) is 3.11. The monoisotopic (exact) mass is 404 g/mol. The minimum atomic E-state index is -0.241. The van der Waals surface area contributed by atoms with Gasteiger partial charge in [-0.05, 0) is 36.8 Å². The van der Waals surface area contributed by atoms with Crippen molar-refractivity contribution in [3.8, 4) is 11.5 Å². The molecule has 27 heavy (non-hydrogen) atoms. The summed E-state index contributed by atoms with van der Waals surface area (Å²) in [5, 5.41) is 7.91. The number of nitrogens with one attached hydrogen (secondary N) is 1. The largest absolute Gasteiger partial charge is 0.334 e. The minimum absolute atomic E-state index is 0.241. The lowest BCUT2D eigenvalue weighted by molar-refractivity contribution is 0.222. The lowest BCUT2D eigenvalue weighted by atomic mass is 10.2. The van der Waals surface area contributed by atoms with E-state index in [9.17, 15) is 4.79 Å². The van der Waals surface area contributed by atoms with Crippen LogP contribution in [-0.4, -0.2) is 34.7 Å². The molecule has 0 radical (unpaired) electrons. The van der Waals surface area contributed by atoms with Crippen LogP contribution in [0.5, 0.6) is 0 Å². The highest BCUT2D eigenvalue weighted by molar-refractivity contribution is 6.33. The molecular formula is C19H18Cl2N4O2. The smallest absolute Gasteiger partial charge is 0.321 e. The number of hydrogen-bond acceptors (Lipinski definition) is 4. The summed E-state index contributed by atoms with van der Waals surface area (Å²) in [6, 6.07) is 12.4. The second-order valence-electron chi connectivity index (χ2n) is 6.06. The van der Waals surface area contributed by atoms with Crippen molar-refractivity contribution in [2.75, 3.05) is 18.9 Å². The maximum Gasteiger partial charge on any atom is 0.321 e. The Labute approximate surface area is 167 Å². The predicted molar refractivity (Wildman–Crippen MR) is 106 cm³/mol. The third-order valence-electron chi connectivity index (χ3n) is 4.03. The number of urea groups is 1. The number of aryl methyl sites for hydroxylation is 1. The van der Waals surface area contributed by atoms with Crippen LogP contribution in [0.3, 0.4) is 0 Å². The van der Waals surface area contributed by atoms with E-state index in [0.29, 0.717) is 46.0 Å². The highest BCUT2D eigenvalue weighted by atomic mass is 35.5. The van der Waals surface area contributed by atoms with Crippen LogP contribution >= 0.6 is 23.2 Å². The van der Waals surface area contributed by atoms with Crippen molar-refractivity contribution in [2.45, 2.75) is 13.3 Å². The van der Waals surface area contributed by atoms with Gasteiger partial charge in [0.25, 0.3) is 5.89 Å². The highest BCUT2D eigenvalue weighted by Crippen LogP contribution is 2.26. The van der Waals surface area contributed by atoms with Crippen molar-refractivity contribution < 1.29 is 9.32 Å². The predicted octanol–water partition coefficient (Wildman–Crippen LogP) is 5.06. The summed E-state index contributed by atoms with van der Waals surface area (Å²) in [7, 11) is 1.70. The molecule has 2 aromatic carbocycles. The highest BCUT2D eigenvalue weighted by Gasteiger charge is 2.14. The van der Waals surface area contributed by atoms with Crippen LogP contribution in [0.25, 0.3) is 11.5 Å². The number of carbonyl (C=O) groups excluding carboxylic acids is 1. The molecule has 0 aliphatic rings. The molecule has 0 saturated carbocycles. The Kier molecular flexibility index (Phi) is 5.98. The lowest BCUT2D eigenvalue weighted by Crippen LogP contribution is -2.33. The number of nitrogens with zero attached hydrogens (tertiary/aromatic N) is 3. The zero-order valence-electron chi connectivity index (χ0n) is 14.9. The van der Waals surface area contributed by atoms with Gasteiger partial charge in [-0.25, -0.2) is 4.79 Å². The van der Waals surface area contributed by atoms with Crippen molar-refractivity contribution in [3.05, 3.63) is 63.9 Å². The van der Waals surface area contributed by atoms with Gasteiger partial charge in [0, 0.05) is 30.7 Å². The topological polar surface area (TPSA) is 71.3 Å². The van der Waals surface area contributed by atoms with Gasteiger partial charge in [0.05, 0.1) is 10.6 Å². The molecule has 0 fully saturated rings. The van der Waals surface area contributed by atoms with Crippen LogP contribution in [0, 0.1) is 6.92 Å². The molecule has 0 aliphatic heterocycles. The average molecular weight is 405 g/mol. The molecule has 0 spiro atoms. The van der Waals surface area contributed by atoms with Gasteiger partial charge in [-0.3, -0.25) is 0 Å². The normalized spacial score (nSPS) is 10.7. The van der Waals surface area contributed by atoms with Crippen LogP contribution in [-0.2, 0) is 6.42 Å². The van der Waals surface area contributed by atoms with Gasteiger partial charge in [-0.2, -0.15) is 4.98 Å². The molecule has 6 nitrogen and oxygen atoms in total. The summed E-state index contributed by atoms with van der Waals surface area (Å²) in [6.07, 6.45) is 0.451. The summed E-state index contributed by atoms with van der Waals surface area (Å²) < 4.78 is 5.27. The van der Waals surface area contributed by atoms with Crippen molar-refractivity contribution >= 4 is 34.9 Å². The SMILES string of the molecule is Cc1ccc(Cl)cc1NC(=O)N(C)CCc1noc(-c2ccccc2Cl)n1. The third-order valence-corrected chi connectivity index (χ3v) is 4.60. The Morgan fingerprint density at radius 2 is 2.00 bits per heavy atom. The van der Waals surface area contributed by atoms with Crippen molar-refractivity contribution in [3.63, 3.8) is 0 Å². The van der Waals surface area contributed by atoms with E-state index in [0.717, 1.165) is 5.56 Å². The number of halogens is 2. The molecule has 0 bridgehead atoms. The number of hydrogen-bond donors (Lipinski definition) is 1. The van der Waals surface area contributed by atoms with Crippen LogP contribution in [0.2, 0.25) is 10.0 Å². The van der Waals surface area contributed by atoms with Gasteiger partial charge in [0.2, 0.25) is 0 Å². The van der Waals surface area contributed by atoms with Gasteiger partial charge in [0.1, 0.15) is 0 Å². The van der Waals surface area contributed by atoms with Crippen LogP contribution in [0.4, 0.5) is 10.5 Å². The maximum atomic E-state index is 12.4. The minimum Gasteiger partial charge on any atom is -0.334 e. The van der Waals surface area contributed by atoms with Gasteiger partial charge < -0.3 is 14.7 Å². The first-order valence-electron chi connectivity index (χ1n) is 8.30. The van der Waals surface area contributed by atoms with E-state index >= 15 is 0 Å².